The number of pyridine rings is 1. The van der Waals surface area contributed by atoms with Gasteiger partial charge in [-0.05, 0) is 35.0 Å². The van der Waals surface area contributed by atoms with Crippen LogP contribution in [-0.4, -0.2) is 16.7 Å². The lowest BCUT2D eigenvalue weighted by Crippen LogP contribution is -2.04. The highest BCUT2D eigenvalue weighted by Gasteiger charge is 2.19. The molecule has 0 aliphatic carbocycles. The molecule has 0 fully saturated rings. The molecule has 6 heteroatoms. The van der Waals surface area contributed by atoms with Crippen molar-refractivity contribution in [2.75, 3.05) is 6.61 Å². The van der Waals surface area contributed by atoms with Crippen LogP contribution in [0, 0.1) is 11.6 Å². The Bertz CT molecular complexity index is 622. The van der Waals surface area contributed by atoms with Gasteiger partial charge in [-0.1, -0.05) is 6.07 Å². The van der Waals surface area contributed by atoms with Crippen molar-refractivity contribution in [3.63, 3.8) is 0 Å². The van der Waals surface area contributed by atoms with E-state index in [2.05, 4.69) is 20.9 Å². The molecule has 1 N–H and O–H groups in total. The van der Waals surface area contributed by atoms with Crippen molar-refractivity contribution in [3.8, 4) is 5.75 Å². The number of hydrogen-bond acceptors (Lipinski definition) is 3. The fraction of sp³-hybridized carbons (Fsp3) is 0.214. The largest absolute Gasteiger partial charge is 0.492 e. The molecule has 0 saturated carbocycles. The van der Waals surface area contributed by atoms with E-state index in [-0.39, 0.29) is 10.0 Å². The molecule has 0 amide bonds. The number of nitrogens with zero attached hydrogens (tertiary/aromatic N) is 1. The summed E-state index contributed by atoms with van der Waals surface area (Å²) in [6.45, 7) is 2.30. The Hall–Kier alpha value is -1.53. The molecule has 1 heterocycles. The molecule has 0 radical (unpaired) electrons. The van der Waals surface area contributed by atoms with Crippen molar-refractivity contribution in [3.05, 3.63) is 57.8 Å². The van der Waals surface area contributed by atoms with Gasteiger partial charge in [0, 0.05) is 17.3 Å². The molecule has 1 aromatic heterocycles. The number of rotatable bonds is 4. The number of aliphatic hydroxyl groups is 1. The topological polar surface area (TPSA) is 42.4 Å². The Balaban J connectivity index is 2.38. The Kier molecular flexibility index (Phi) is 4.67. The van der Waals surface area contributed by atoms with Gasteiger partial charge >= 0.3 is 0 Å². The van der Waals surface area contributed by atoms with Crippen LogP contribution in [0.1, 0.15) is 24.2 Å². The molecule has 0 spiro atoms. The first-order valence-corrected chi connectivity index (χ1v) is 6.73. The maximum atomic E-state index is 13.5. The fourth-order valence-electron chi connectivity index (χ4n) is 1.76. The van der Waals surface area contributed by atoms with Crippen LogP contribution in [0.2, 0.25) is 0 Å². The van der Waals surface area contributed by atoms with E-state index in [1.807, 2.05) is 6.92 Å². The molecule has 0 aliphatic heterocycles. The maximum absolute atomic E-state index is 13.5. The smallest absolute Gasteiger partial charge is 0.173 e. The molecule has 0 bridgehead atoms. The average Bonchev–Trinajstić information content (AvgIpc) is 2.45. The standard InChI is InChI=1S/C14H12BrF2NO2/c1-2-20-9-5-8(6-18-7-9)14(19)10-3-4-11(16)13(17)12(10)15/h3-7,14,19H,2H2,1H3. The van der Waals surface area contributed by atoms with E-state index in [4.69, 9.17) is 4.74 Å². The summed E-state index contributed by atoms with van der Waals surface area (Å²) in [4.78, 5) is 3.95. The van der Waals surface area contributed by atoms with Crippen LogP contribution in [0.25, 0.3) is 0 Å². The second-order valence-electron chi connectivity index (χ2n) is 4.05. The number of aliphatic hydroxyl groups excluding tert-OH is 1. The average molecular weight is 344 g/mol. The van der Waals surface area contributed by atoms with Crippen molar-refractivity contribution in [2.24, 2.45) is 0 Å². The molecule has 0 saturated heterocycles. The van der Waals surface area contributed by atoms with Crippen molar-refractivity contribution >= 4 is 15.9 Å². The van der Waals surface area contributed by atoms with E-state index in [0.29, 0.717) is 17.9 Å². The molecule has 1 aromatic carbocycles. The first-order chi connectivity index (χ1) is 9.54. The Morgan fingerprint density at radius 1 is 1.35 bits per heavy atom. The van der Waals surface area contributed by atoms with E-state index in [1.165, 1.54) is 18.5 Å². The lowest BCUT2D eigenvalue weighted by molar-refractivity contribution is 0.217. The summed E-state index contributed by atoms with van der Waals surface area (Å²) in [6, 6.07) is 3.90. The van der Waals surface area contributed by atoms with E-state index in [9.17, 15) is 13.9 Å². The highest BCUT2D eigenvalue weighted by atomic mass is 79.9. The van der Waals surface area contributed by atoms with Gasteiger partial charge in [-0.3, -0.25) is 4.98 Å². The van der Waals surface area contributed by atoms with Gasteiger partial charge in [-0.15, -0.1) is 0 Å². The highest BCUT2D eigenvalue weighted by Crippen LogP contribution is 2.32. The van der Waals surface area contributed by atoms with Gasteiger partial charge in [0.15, 0.2) is 11.6 Å². The number of ether oxygens (including phenoxy) is 1. The van der Waals surface area contributed by atoms with Crippen molar-refractivity contribution in [1.82, 2.24) is 4.98 Å². The van der Waals surface area contributed by atoms with Gasteiger partial charge < -0.3 is 9.84 Å². The van der Waals surface area contributed by atoms with Crippen LogP contribution in [0.5, 0.6) is 5.75 Å². The maximum Gasteiger partial charge on any atom is 0.173 e. The zero-order valence-corrected chi connectivity index (χ0v) is 12.2. The molecule has 3 nitrogen and oxygen atoms in total. The summed E-state index contributed by atoms with van der Waals surface area (Å²) in [5.74, 6) is -1.51. The number of hydrogen-bond donors (Lipinski definition) is 1. The lowest BCUT2D eigenvalue weighted by atomic mass is 10.0. The van der Waals surface area contributed by atoms with Crippen LogP contribution in [-0.2, 0) is 0 Å². The molecule has 20 heavy (non-hydrogen) atoms. The molecule has 106 valence electrons. The number of benzene rings is 1. The van der Waals surface area contributed by atoms with Gasteiger partial charge in [0.25, 0.3) is 0 Å². The minimum Gasteiger partial charge on any atom is -0.492 e. The summed E-state index contributed by atoms with van der Waals surface area (Å²) in [5, 5.41) is 10.3. The summed E-state index contributed by atoms with van der Waals surface area (Å²) in [7, 11) is 0. The minimum absolute atomic E-state index is 0.105. The monoisotopic (exact) mass is 343 g/mol. The van der Waals surface area contributed by atoms with Gasteiger partial charge in [0.1, 0.15) is 11.9 Å². The van der Waals surface area contributed by atoms with Crippen LogP contribution < -0.4 is 4.74 Å². The summed E-state index contributed by atoms with van der Waals surface area (Å²) < 4.78 is 31.7. The second kappa shape index (κ2) is 6.28. The third-order valence-electron chi connectivity index (χ3n) is 2.72. The van der Waals surface area contributed by atoms with E-state index >= 15 is 0 Å². The Morgan fingerprint density at radius 3 is 2.80 bits per heavy atom. The number of halogens is 3. The first-order valence-electron chi connectivity index (χ1n) is 5.93. The normalized spacial score (nSPS) is 12.2. The van der Waals surface area contributed by atoms with E-state index in [0.717, 1.165) is 6.07 Å². The summed E-state index contributed by atoms with van der Waals surface area (Å²) in [6.07, 6.45) is 1.83. The third-order valence-corrected chi connectivity index (χ3v) is 3.53. The Morgan fingerprint density at radius 2 is 2.10 bits per heavy atom. The van der Waals surface area contributed by atoms with Gasteiger partial charge in [0.2, 0.25) is 0 Å². The number of aromatic nitrogens is 1. The molecule has 1 unspecified atom stereocenters. The van der Waals surface area contributed by atoms with Gasteiger partial charge in [0.05, 0.1) is 17.3 Å². The Labute approximate surface area is 123 Å². The molecule has 2 aromatic rings. The zero-order valence-electron chi connectivity index (χ0n) is 10.6. The summed E-state index contributed by atoms with van der Waals surface area (Å²) >= 11 is 2.95. The third kappa shape index (κ3) is 2.96. The SMILES string of the molecule is CCOc1cncc(C(O)c2ccc(F)c(F)c2Br)c1. The lowest BCUT2D eigenvalue weighted by Gasteiger charge is -2.14. The minimum atomic E-state index is -1.13. The quantitative estimate of drug-likeness (QED) is 0.862. The second-order valence-corrected chi connectivity index (χ2v) is 4.85. The molecular formula is C14H12BrF2NO2. The van der Waals surface area contributed by atoms with E-state index < -0.39 is 17.7 Å². The zero-order chi connectivity index (χ0) is 14.7. The predicted molar refractivity (Wildman–Crippen MR) is 73.5 cm³/mol. The van der Waals surface area contributed by atoms with Gasteiger partial charge in [-0.2, -0.15) is 0 Å². The van der Waals surface area contributed by atoms with Gasteiger partial charge in [-0.25, -0.2) is 8.78 Å². The van der Waals surface area contributed by atoms with Crippen LogP contribution in [0.4, 0.5) is 8.78 Å². The van der Waals surface area contributed by atoms with Crippen LogP contribution in [0.15, 0.2) is 35.1 Å². The predicted octanol–water partition coefficient (Wildman–Crippen LogP) is 3.60. The molecule has 2 rings (SSSR count). The molecule has 0 aliphatic rings. The summed E-state index contributed by atoms with van der Waals surface area (Å²) in [5.41, 5.74) is 0.655. The first kappa shape index (κ1) is 14.9. The van der Waals surface area contributed by atoms with Crippen molar-refractivity contribution in [2.45, 2.75) is 13.0 Å². The highest BCUT2D eigenvalue weighted by molar-refractivity contribution is 9.10. The van der Waals surface area contributed by atoms with Crippen molar-refractivity contribution < 1.29 is 18.6 Å². The van der Waals surface area contributed by atoms with Crippen LogP contribution >= 0.6 is 15.9 Å². The molecular weight excluding hydrogens is 332 g/mol. The fourth-order valence-corrected chi connectivity index (χ4v) is 2.30. The van der Waals surface area contributed by atoms with E-state index in [1.54, 1.807) is 6.07 Å². The van der Waals surface area contributed by atoms with Crippen LogP contribution in [0.3, 0.4) is 0 Å². The molecule has 1 atom stereocenters. The van der Waals surface area contributed by atoms with Crippen molar-refractivity contribution in [1.29, 1.82) is 0 Å².